The molecule has 1 aliphatic rings. The van der Waals surface area contributed by atoms with E-state index < -0.39 is 24.1 Å². The van der Waals surface area contributed by atoms with Gasteiger partial charge in [0, 0.05) is 30.7 Å². The molecule has 3 heterocycles. The van der Waals surface area contributed by atoms with Crippen LogP contribution in [0, 0.1) is 6.92 Å². The first-order chi connectivity index (χ1) is 15.1. The summed E-state index contributed by atoms with van der Waals surface area (Å²) in [5, 5.41) is 17.4. The van der Waals surface area contributed by atoms with Crippen LogP contribution in [0.5, 0.6) is 5.88 Å². The predicted octanol–water partition coefficient (Wildman–Crippen LogP) is 2.07. The van der Waals surface area contributed by atoms with E-state index in [-0.39, 0.29) is 24.2 Å². The molecule has 3 N–H and O–H groups in total. The number of hydrogen-bond donors (Lipinski definition) is 3. The van der Waals surface area contributed by atoms with Gasteiger partial charge in [-0.05, 0) is 38.9 Å². The highest BCUT2D eigenvalue weighted by Crippen LogP contribution is 2.33. The Morgan fingerprint density at radius 3 is 2.66 bits per heavy atom. The summed E-state index contributed by atoms with van der Waals surface area (Å²) in [6.07, 6.45) is -1.53. The number of aliphatic hydroxyl groups is 1. The Hall–Kier alpha value is -2.79. The molecular formula is C21H26F3N5O3. The van der Waals surface area contributed by atoms with E-state index in [1.165, 1.54) is 25.3 Å². The van der Waals surface area contributed by atoms with Gasteiger partial charge in [0.05, 0.1) is 12.2 Å². The number of piperidine rings is 1. The van der Waals surface area contributed by atoms with Gasteiger partial charge in [0.25, 0.3) is 0 Å². The van der Waals surface area contributed by atoms with Crippen molar-refractivity contribution in [1.29, 1.82) is 0 Å². The lowest BCUT2D eigenvalue weighted by molar-refractivity contribution is -0.141. The van der Waals surface area contributed by atoms with Gasteiger partial charge in [0.2, 0.25) is 11.8 Å². The van der Waals surface area contributed by atoms with E-state index >= 15 is 0 Å². The number of carbonyl (C=O) groups is 1. The summed E-state index contributed by atoms with van der Waals surface area (Å²) < 4.78 is 44.4. The number of nitrogens with zero attached hydrogens (tertiary/aromatic N) is 3. The van der Waals surface area contributed by atoms with Crippen LogP contribution < -0.4 is 15.4 Å². The third-order valence-corrected chi connectivity index (χ3v) is 5.27. The van der Waals surface area contributed by atoms with Gasteiger partial charge < -0.3 is 20.5 Å². The smallest absolute Gasteiger partial charge is 0.433 e. The lowest BCUT2D eigenvalue weighted by atomic mass is 9.85. The minimum Gasteiger partial charge on any atom is -0.474 e. The SMILES string of the molecule is CC(=O)NCC(O)(COc1cccc(C(F)(F)F)n1)c1cnc(C)nc1C1CCNCC1. The van der Waals surface area contributed by atoms with Crippen LogP contribution in [0.1, 0.15) is 48.5 Å². The van der Waals surface area contributed by atoms with Crippen LogP contribution in [-0.2, 0) is 16.6 Å². The molecular weight excluding hydrogens is 427 g/mol. The quantitative estimate of drug-likeness (QED) is 0.589. The summed E-state index contributed by atoms with van der Waals surface area (Å²) in [4.78, 5) is 23.8. The van der Waals surface area contributed by atoms with Crippen molar-refractivity contribution in [2.24, 2.45) is 0 Å². The molecule has 0 spiro atoms. The Morgan fingerprint density at radius 1 is 1.28 bits per heavy atom. The number of amides is 1. The number of nitrogens with one attached hydrogen (secondary N) is 2. The Bertz CT molecular complexity index is 951. The molecule has 0 aliphatic carbocycles. The number of pyridine rings is 1. The topological polar surface area (TPSA) is 109 Å². The molecule has 0 bridgehead atoms. The van der Waals surface area contributed by atoms with Crippen molar-refractivity contribution < 1.29 is 27.8 Å². The molecule has 0 aromatic carbocycles. The lowest BCUT2D eigenvalue weighted by Gasteiger charge is -2.32. The zero-order chi connectivity index (χ0) is 23.4. The third kappa shape index (κ3) is 5.92. The first-order valence-corrected chi connectivity index (χ1v) is 10.3. The van der Waals surface area contributed by atoms with Crippen molar-refractivity contribution in [2.75, 3.05) is 26.2 Å². The number of aryl methyl sites for hydroxylation is 1. The summed E-state index contributed by atoms with van der Waals surface area (Å²) in [6, 6.07) is 3.28. The van der Waals surface area contributed by atoms with E-state index in [1.807, 2.05) is 0 Å². The molecule has 32 heavy (non-hydrogen) atoms. The fourth-order valence-electron chi connectivity index (χ4n) is 3.59. The zero-order valence-corrected chi connectivity index (χ0v) is 17.9. The number of ether oxygens (including phenoxy) is 1. The number of halogens is 3. The monoisotopic (exact) mass is 453 g/mol. The van der Waals surface area contributed by atoms with E-state index in [2.05, 4.69) is 25.6 Å². The summed E-state index contributed by atoms with van der Waals surface area (Å²) in [5.74, 6) is -0.0808. The lowest BCUT2D eigenvalue weighted by Crippen LogP contribution is -2.46. The number of hydrogen-bond acceptors (Lipinski definition) is 7. The molecule has 1 atom stereocenters. The Kier molecular flexibility index (Phi) is 7.29. The highest BCUT2D eigenvalue weighted by Gasteiger charge is 2.37. The molecule has 8 nitrogen and oxygen atoms in total. The first-order valence-electron chi connectivity index (χ1n) is 10.3. The van der Waals surface area contributed by atoms with E-state index in [0.717, 1.165) is 32.0 Å². The van der Waals surface area contributed by atoms with E-state index in [9.17, 15) is 23.1 Å². The minimum atomic E-state index is -4.63. The second kappa shape index (κ2) is 9.78. The van der Waals surface area contributed by atoms with Crippen LogP contribution in [-0.4, -0.2) is 52.2 Å². The largest absolute Gasteiger partial charge is 0.474 e. The van der Waals surface area contributed by atoms with Crippen molar-refractivity contribution in [3.8, 4) is 5.88 Å². The van der Waals surface area contributed by atoms with Gasteiger partial charge in [-0.3, -0.25) is 4.79 Å². The van der Waals surface area contributed by atoms with Gasteiger partial charge in [-0.2, -0.15) is 13.2 Å². The van der Waals surface area contributed by atoms with Crippen LogP contribution in [0.2, 0.25) is 0 Å². The van der Waals surface area contributed by atoms with Crippen LogP contribution >= 0.6 is 0 Å². The van der Waals surface area contributed by atoms with Crippen molar-refractivity contribution in [3.63, 3.8) is 0 Å². The average Bonchev–Trinajstić information content (AvgIpc) is 2.76. The van der Waals surface area contributed by atoms with Gasteiger partial charge in [-0.15, -0.1) is 0 Å². The van der Waals surface area contributed by atoms with Gasteiger partial charge in [0.15, 0.2) is 0 Å². The summed E-state index contributed by atoms with van der Waals surface area (Å²) in [6.45, 7) is 3.95. The molecule has 1 fully saturated rings. The molecule has 174 valence electrons. The fraction of sp³-hybridized carbons (Fsp3) is 0.524. The van der Waals surface area contributed by atoms with E-state index in [1.54, 1.807) is 6.92 Å². The molecule has 0 saturated carbocycles. The van der Waals surface area contributed by atoms with Gasteiger partial charge >= 0.3 is 6.18 Å². The average molecular weight is 453 g/mol. The number of alkyl halides is 3. The second-order valence-corrected chi connectivity index (χ2v) is 7.83. The molecule has 11 heteroatoms. The van der Waals surface area contributed by atoms with Crippen molar-refractivity contribution in [3.05, 3.63) is 47.2 Å². The highest BCUT2D eigenvalue weighted by molar-refractivity contribution is 5.72. The van der Waals surface area contributed by atoms with Crippen LogP contribution in [0.15, 0.2) is 24.4 Å². The molecule has 1 aliphatic heterocycles. The standard InChI is InChI=1S/C21H26F3N5O3/c1-13-26-10-16(19(28-13)15-6-8-25-9-7-15)20(31,11-27-14(2)30)12-32-18-5-3-4-17(29-18)21(22,23)24/h3-5,10,15,25,31H,6-9,11-12H2,1-2H3,(H,27,30). The second-order valence-electron chi connectivity index (χ2n) is 7.83. The molecule has 2 aromatic heterocycles. The zero-order valence-electron chi connectivity index (χ0n) is 17.9. The maximum absolute atomic E-state index is 13.0. The maximum Gasteiger partial charge on any atom is 0.433 e. The summed E-state index contributed by atoms with van der Waals surface area (Å²) in [7, 11) is 0. The van der Waals surface area contributed by atoms with Crippen LogP contribution in [0.25, 0.3) is 0 Å². The van der Waals surface area contributed by atoms with Crippen LogP contribution in [0.4, 0.5) is 13.2 Å². The summed E-state index contributed by atoms with van der Waals surface area (Å²) >= 11 is 0. The van der Waals surface area contributed by atoms with Crippen molar-refractivity contribution >= 4 is 5.91 Å². The molecule has 3 rings (SSSR count). The Morgan fingerprint density at radius 2 is 2.00 bits per heavy atom. The van der Waals surface area contributed by atoms with Gasteiger partial charge in [-0.25, -0.2) is 15.0 Å². The molecule has 1 unspecified atom stereocenters. The molecule has 1 amide bonds. The van der Waals surface area contributed by atoms with E-state index in [4.69, 9.17) is 4.74 Å². The maximum atomic E-state index is 13.0. The first kappa shape index (κ1) is 23.9. The van der Waals surface area contributed by atoms with E-state index in [0.29, 0.717) is 17.1 Å². The Labute approximate surface area is 183 Å². The molecule has 1 saturated heterocycles. The predicted molar refractivity (Wildman–Crippen MR) is 109 cm³/mol. The third-order valence-electron chi connectivity index (χ3n) is 5.27. The molecule has 0 radical (unpaired) electrons. The Balaban J connectivity index is 1.93. The van der Waals surface area contributed by atoms with Crippen molar-refractivity contribution in [1.82, 2.24) is 25.6 Å². The van der Waals surface area contributed by atoms with Gasteiger partial charge in [0.1, 0.15) is 23.7 Å². The number of aromatic nitrogens is 3. The summed E-state index contributed by atoms with van der Waals surface area (Å²) in [5.41, 5.74) is -1.87. The highest BCUT2D eigenvalue weighted by atomic mass is 19.4. The number of rotatable bonds is 7. The van der Waals surface area contributed by atoms with Crippen molar-refractivity contribution in [2.45, 2.75) is 44.4 Å². The normalized spacial score (nSPS) is 16.9. The number of carbonyl (C=O) groups excluding carboxylic acids is 1. The fourth-order valence-corrected chi connectivity index (χ4v) is 3.59. The van der Waals surface area contributed by atoms with Crippen LogP contribution in [0.3, 0.4) is 0 Å². The van der Waals surface area contributed by atoms with Gasteiger partial charge in [-0.1, -0.05) is 6.07 Å². The molecule has 2 aromatic rings. The minimum absolute atomic E-state index is 0.0588.